The van der Waals surface area contributed by atoms with Crippen molar-refractivity contribution in [1.29, 1.82) is 0 Å². The Morgan fingerprint density at radius 2 is 1.92 bits per heavy atom. The molecule has 1 aromatic carbocycles. The largest absolute Gasteiger partial charge is 0.493 e. The van der Waals surface area contributed by atoms with Gasteiger partial charge in [0.15, 0.2) is 11.5 Å². The molecule has 1 atom stereocenters. The predicted molar refractivity (Wildman–Crippen MR) is 89.7 cm³/mol. The number of nitrogens with zero attached hydrogens (tertiary/aromatic N) is 2. The van der Waals surface area contributed by atoms with Crippen LogP contribution in [0.25, 0.3) is 0 Å². The summed E-state index contributed by atoms with van der Waals surface area (Å²) >= 11 is 0. The van der Waals surface area contributed by atoms with Crippen LogP contribution in [0.4, 0.5) is 5.82 Å². The monoisotopic (exact) mass is 334 g/mol. The van der Waals surface area contributed by atoms with Crippen molar-refractivity contribution in [3.63, 3.8) is 0 Å². The number of rotatable bonds is 7. The quantitative estimate of drug-likeness (QED) is 0.790. The van der Waals surface area contributed by atoms with E-state index >= 15 is 0 Å². The first kappa shape index (κ1) is 17.6. The average Bonchev–Trinajstić information content (AvgIpc) is 3.00. The Labute approximate surface area is 140 Å². The van der Waals surface area contributed by atoms with Crippen molar-refractivity contribution in [1.82, 2.24) is 9.78 Å². The number of hydrogen-bond donors (Lipinski definition) is 2. The van der Waals surface area contributed by atoms with Gasteiger partial charge < -0.3 is 25.3 Å². The molecule has 1 amide bonds. The molecule has 0 spiro atoms. The van der Waals surface area contributed by atoms with Gasteiger partial charge >= 0.3 is 0 Å². The van der Waals surface area contributed by atoms with Gasteiger partial charge in [-0.3, -0.25) is 4.79 Å². The SMILES string of the molecule is COc1ccc(Cn2nccc2NC(=O)[C@H](C)N)c(OC)c1OC. The van der Waals surface area contributed by atoms with Crippen LogP contribution in [-0.4, -0.2) is 43.1 Å². The van der Waals surface area contributed by atoms with E-state index in [1.165, 1.54) is 0 Å². The fraction of sp³-hybridized carbons (Fsp3) is 0.375. The molecule has 0 aliphatic heterocycles. The van der Waals surface area contributed by atoms with E-state index < -0.39 is 6.04 Å². The number of hydrogen-bond acceptors (Lipinski definition) is 6. The second-order valence-electron chi connectivity index (χ2n) is 5.15. The molecule has 1 aromatic heterocycles. The predicted octanol–water partition coefficient (Wildman–Crippen LogP) is 1.24. The van der Waals surface area contributed by atoms with Crippen molar-refractivity contribution in [2.24, 2.45) is 5.73 Å². The Morgan fingerprint density at radius 1 is 1.21 bits per heavy atom. The van der Waals surface area contributed by atoms with Gasteiger partial charge in [-0.25, -0.2) is 4.68 Å². The van der Waals surface area contributed by atoms with Crippen LogP contribution in [0.1, 0.15) is 12.5 Å². The number of carbonyl (C=O) groups excluding carboxylic acids is 1. The molecule has 0 unspecified atom stereocenters. The third-order valence-corrected chi connectivity index (χ3v) is 3.49. The third kappa shape index (κ3) is 3.60. The van der Waals surface area contributed by atoms with Crippen molar-refractivity contribution in [2.45, 2.75) is 19.5 Å². The fourth-order valence-electron chi connectivity index (χ4n) is 2.25. The molecule has 1 heterocycles. The summed E-state index contributed by atoms with van der Waals surface area (Å²) in [5.41, 5.74) is 6.41. The number of anilines is 1. The number of nitrogens with two attached hydrogens (primary N) is 1. The number of benzene rings is 1. The van der Waals surface area contributed by atoms with Gasteiger partial charge in [0.2, 0.25) is 11.7 Å². The Morgan fingerprint density at radius 3 is 2.50 bits per heavy atom. The van der Waals surface area contributed by atoms with E-state index in [1.807, 2.05) is 6.07 Å². The van der Waals surface area contributed by atoms with Crippen molar-refractivity contribution in [2.75, 3.05) is 26.6 Å². The summed E-state index contributed by atoms with van der Waals surface area (Å²) in [5, 5.41) is 6.97. The van der Waals surface area contributed by atoms with E-state index in [9.17, 15) is 4.79 Å². The minimum Gasteiger partial charge on any atom is -0.493 e. The summed E-state index contributed by atoms with van der Waals surface area (Å²) < 4.78 is 17.8. The maximum absolute atomic E-state index is 11.8. The summed E-state index contributed by atoms with van der Waals surface area (Å²) in [5.74, 6) is 1.90. The van der Waals surface area contributed by atoms with Crippen LogP contribution in [0, 0.1) is 0 Å². The second kappa shape index (κ2) is 7.69. The molecule has 0 saturated carbocycles. The second-order valence-corrected chi connectivity index (χ2v) is 5.15. The zero-order chi connectivity index (χ0) is 17.7. The van der Waals surface area contributed by atoms with E-state index in [1.54, 1.807) is 51.3 Å². The summed E-state index contributed by atoms with van der Waals surface area (Å²) in [7, 11) is 4.67. The first-order chi connectivity index (χ1) is 11.5. The van der Waals surface area contributed by atoms with Gasteiger partial charge in [0, 0.05) is 11.6 Å². The van der Waals surface area contributed by atoms with Gasteiger partial charge in [-0.15, -0.1) is 0 Å². The van der Waals surface area contributed by atoms with Crippen LogP contribution in [0.3, 0.4) is 0 Å². The molecule has 2 rings (SSSR count). The van der Waals surface area contributed by atoms with Crippen LogP contribution in [-0.2, 0) is 11.3 Å². The molecule has 8 heteroatoms. The standard InChI is InChI=1S/C16H22N4O4/c1-10(17)16(21)19-13-7-8-18-20(13)9-11-5-6-12(22-2)15(24-4)14(11)23-3/h5-8,10H,9,17H2,1-4H3,(H,19,21)/t10-/m0/s1. The fourth-order valence-corrected chi connectivity index (χ4v) is 2.25. The Kier molecular flexibility index (Phi) is 5.64. The minimum absolute atomic E-state index is 0.281. The number of methoxy groups -OCH3 is 3. The molecular weight excluding hydrogens is 312 g/mol. The molecule has 0 aliphatic rings. The lowest BCUT2D eigenvalue weighted by atomic mass is 10.1. The van der Waals surface area contributed by atoms with E-state index in [2.05, 4.69) is 10.4 Å². The Balaban J connectivity index is 2.32. The number of aromatic nitrogens is 2. The lowest BCUT2D eigenvalue weighted by Crippen LogP contribution is -2.33. The highest BCUT2D eigenvalue weighted by Crippen LogP contribution is 2.40. The first-order valence-electron chi connectivity index (χ1n) is 7.37. The van der Waals surface area contributed by atoms with E-state index in [0.717, 1.165) is 5.56 Å². The normalized spacial score (nSPS) is 11.7. The number of amides is 1. The van der Waals surface area contributed by atoms with Crippen molar-refractivity contribution >= 4 is 11.7 Å². The highest BCUT2D eigenvalue weighted by atomic mass is 16.5. The topological polar surface area (TPSA) is 101 Å². The molecule has 0 radical (unpaired) electrons. The van der Waals surface area contributed by atoms with E-state index in [-0.39, 0.29) is 5.91 Å². The van der Waals surface area contributed by atoms with Gasteiger partial charge in [0.05, 0.1) is 40.1 Å². The van der Waals surface area contributed by atoms with E-state index in [4.69, 9.17) is 19.9 Å². The molecule has 3 N–H and O–H groups in total. The summed E-state index contributed by atoms with van der Waals surface area (Å²) in [4.78, 5) is 11.8. The molecular formula is C16H22N4O4. The lowest BCUT2D eigenvalue weighted by molar-refractivity contribution is -0.117. The summed E-state index contributed by atoms with van der Waals surface area (Å²) in [6.45, 7) is 2.00. The average molecular weight is 334 g/mol. The molecule has 8 nitrogen and oxygen atoms in total. The number of carbonyl (C=O) groups is 1. The first-order valence-corrected chi connectivity index (χ1v) is 7.37. The Bertz CT molecular complexity index is 712. The van der Waals surface area contributed by atoms with Crippen molar-refractivity contribution < 1.29 is 19.0 Å². The lowest BCUT2D eigenvalue weighted by Gasteiger charge is -2.17. The summed E-state index contributed by atoms with van der Waals surface area (Å²) in [6.07, 6.45) is 1.60. The van der Waals surface area contributed by atoms with Crippen molar-refractivity contribution in [3.05, 3.63) is 30.0 Å². The molecule has 0 saturated heterocycles. The molecule has 130 valence electrons. The van der Waals surface area contributed by atoms with Crippen LogP contribution in [0.15, 0.2) is 24.4 Å². The third-order valence-electron chi connectivity index (χ3n) is 3.49. The smallest absolute Gasteiger partial charge is 0.242 e. The maximum Gasteiger partial charge on any atom is 0.242 e. The van der Waals surface area contributed by atoms with Gasteiger partial charge in [-0.2, -0.15) is 5.10 Å². The molecule has 0 bridgehead atoms. The van der Waals surface area contributed by atoms with E-state index in [0.29, 0.717) is 29.6 Å². The Hall–Kier alpha value is -2.74. The van der Waals surface area contributed by atoms with Crippen molar-refractivity contribution in [3.8, 4) is 17.2 Å². The van der Waals surface area contributed by atoms with Crippen LogP contribution >= 0.6 is 0 Å². The molecule has 0 aliphatic carbocycles. The zero-order valence-corrected chi connectivity index (χ0v) is 14.2. The number of ether oxygens (including phenoxy) is 3. The number of nitrogens with one attached hydrogen (secondary N) is 1. The molecule has 2 aromatic rings. The van der Waals surface area contributed by atoms with Gasteiger partial charge in [-0.1, -0.05) is 0 Å². The molecule has 24 heavy (non-hydrogen) atoms. The van der Waals surface area contributed by atoms with Gasteiger partial charge in [0.25, 0.3) is 0 Å². The highest BCUT2D eigenvalue weighted by Gasteiger charge is 2.18. The van der Waals surface area contributed by atoms with Gasteiger partial charge in [0.1, 0.15) is 5.82 Å². The maximum atomic E-state index is 11.8. The van der Waals surface area contributed by atoms with Crippen LogP contribution < -0.4 is 25.3 Å². The zero-order valence-electron chi connectivity index (χ0n) is 14.2. The minimum atomic E-state index is -0.607. The van der Waals surface area contributed by atoms with Crippen LogP contribution in [0.5, 0.6) is 17.2 Å². The molecule has 0 fully saturated rings. The highest BCUT2D eigenvalue weighted by molar-refractivity contribution is 5.93. The van der Waals surface area contributed by atoms with Crippen LogP contribution in [0.2, 0.25) is 0 Å². The van der Waals surface area contributed by atoms with Gasteiger partial charge in [-0.05, 0) is 19.1 Å². The summed E-state index contributed by atoms with van der Waals surface area (Å²) in [6, 6.07) is 4.75.